The topological polar surface area (TPSA) is 53.6 Å². The summed E-state index contributed by atoms with van der Waals surface area (Å²) in [6, 6.07) is 11.5. The van der Waals surface area contributed by atoms with Gasteiger partial charge in [-0.05, 0) is 84.2 Å². The molecule has 0 aliphatic carbocycles. The van der Waals surface area contributed by atoms with E-state index in [9.17, 15) is 0 Å². The highest BCUT2D eigenvalue weighted by Gasteiger charge is 2.07. The van der Waals surface area contributed by atoms with Gasteiger partial charge in [-0.15, -0.1) is 0 Å². The normalized spacial score (nSPS) is 11.4. The molecule has 4 nitrogen and oxygen atoms in total. The fourth-order valence-corrected chi connectivity index (χ4v) is 2.79. The minimum atomic E-state index is 0.353. The van der Waals surface area contributed by atoms with Crippen molar-refractivity contribution in [2.24, 2.45) is 10.7 Å². The Hall–Kier alpha value is -0.760. The van der Waals surface area contributed by atoms with Crippen LogP contribution in [0.3, 0.4) is 0 Å². The first-order chi connectivity index (χ1) is 10.9. The minimum Gasteiger partial charge on any atom is -0.369 e. The lowest BCUT2D eigenvalue weighted by molar-refractivity contribution is 1.09. The molecule has 23 heavy (non-hydrogen) atoms. The van der Waals surface area contributed by atoms with Gasteiger partial charge in [-0.25, -0.2) is 4.99 Å². The van der Waals surface area contributed by atoms with Crippen molar-refractivity contribution in [1.29, 1.82) is 0 Å². The number of benzene rings is 2. The molecule has 0 aliphatic rings. The van der Waals surface area contributed by atoms with Crippen LogP contribution in [0.4, 0.5) is 11.4 Å². The quantitative estimate of drug-likeness (QED) is 0.413. The molecule has 0 fully saturated rings. The van der Waals surface area contributed by atoms with Gasteiger partial charge >= 0.3 is 0 Å². The SMILES string of the molecule is CN(C(N)=NCNc1ccc(Br)c(Cl)c1)c1ccc(Br)c(Br)c1. The monoisotopic (exact) mass is 522 g/mol. The maximum Gasteiger partial charge on any atom is 0.197 e. The Morgan fingerprint density at radius 2 is 1.83 bits per heavy atom. The number of rotatable bonds is 4. The van der Waals surface area contributed by atoms with Gasteiger partial charge < -0.3 is 16.0 Å². The standard InChI is InChI=1S/C15H14Br3ClN4/c1-23(10-3-5-11(16)13(18)7-10)15(20)22-8-21-9-2-4-12(17)14(19)6-9/h2-7,21H,8H2,1H3,(H2,20,22). The zero-order valence-electron chi connectivity index (χ0n) is 12.2. The Labute approximate surface area is 165 Å². The van der Waals surface area contributed by atoms with Crippen LogP contribution in [0.2, 0.25) is 5.02 Å². The molecule has 0 radical (unpaired) electrons. The van der Waals surface area contributed by atoms with Gasteiger partial charge in [0.1, 0.15) is 6.67 Å². The molecule has 3 N–H and O–H groups in total. The van der Waals surface area contributed by atoms with E-state index in [2.05, 4.69) is 58.1 Å². The summed E-state index contributed by atoms with van der Waals surface area (Å²) in [6.07, 6.45) is 0. The van der Waals surface area contributed by atoms with Crippen LogP contribution in [0.25, 0.3) is 0 Å². The highest BCUT2D eigenvalue weighted by atomic mass is 79.9. The second-order valence-corrected chi connectivity index (χ2v) is 7.61. The maximum absolute atomic E-state index is 6.05. The van der Waals surface area contributed by atoms with E-state index < -0.39 is 0 Å². The number of nitrogens with two attached hydrogens (primary N) is 1. The highest BCUT2D eigenvalue weighted by Crippen LogP contribution is 2.27. The van der Waals surface area contributed by atoms with Crippen molar-refractivity contribution < 1.29 is 0 Å². The molecular formula is C15H14Br3ClN4. The number of hydrogen-bond acceptors (Lipinski definition) is 2. The third-order valence-electron chi connectivity index (χ3n) is 3.08. The molecule has 0 saturated carbocycles. The van der Waals surface area contributed by atoms with Gasteiger partial charge in [0.05, 0.1) is 5.02 Å². The van der Waals surface area contributed by atoms with Crippen molar-refractivity contribution in [2.45, 2.75) is 0 Å². The van der Waals surface area contributed by atoms with E-state index in [0.29, 0.717) is 17.7 Å². The second-order valence-electron chi connectivity index (χ2n) is 4.64. The van der Waals surface area contributed by atoms with Crippen molar-refractivity contribution in [1.82, 2.24) is 0 Å². The third kappa shape index (κ3) is 5.11. The van der Waals surface area contributed by atoms with Gasteiger partial charge in [-0.1, -0.05) is 11.6 Å². The molecule has 0 aliphatic heterocycles. The van der Waals surface area contributed by atoms with E-state index >= 15 is 0 Å². The van der Waals surface area contributed by atoms with E-state index in [1.807, 2.05) is 48.3 Å². The van der Waals surface area contributed by atoms with Gasteiger partial charge in [-0.3, -0.25) is 0 Å². The summed E-state index contributed by atoms with van der Waals surface area (Å²) in [6.45, 7) is 0.353. The van der Waals surface area contributed by atoms with Gasteiger partial charge in [0, 0.05) is 31.8 Å². The number of nitrogens with one attached hydrogen (secondary N) is 1. The lowest BCUT2D eigenvalue weighted by atomic mass is 10.3. The van der Waals surface area contributed by atoms with Crippen LogP contribution >= 0.6 is 59.4 Å². The van der Waals surface area contributed by atoms with Crippen LogP contribution in [0.1, 0.15) is 0 Å². The largest absolute Gasteiger partial charge is 0.369 e. The number of hydrogen-bond donors (Lipinski definition) is 2. The number of guanidine groups is 1. The molecule has 8 heteroatoms. The lowest BCUT2D eigenvalue weighted by Crippen LogP contribution is -2.34. The van der Waals surface area contributed by atoms with Crippen molar-refractivity contribution in [3.8, 4) is 0 Å². The highest BCUT2D eigenvalue weighted by molar-refractivity contribution is 9.13. The van der Waals surface area contributed by atoms with E-state index in [1.54, 1.807) is 0 Å². The van der Waals surface area contributed by atoms with Crippen LogP contribution in [0.5, 0.6) is 0 Å². The van der Waals surface area contributed by atoms with Crippen molar-refractivity contribution in [3.05, 3.63) is 54.8 Å². The van der Waals surface area contributed by atoms with Crippen LogP contribution < -0.4 is 16.0 Å². The number of aliphatic imine (C=N–C) groups is 1. The van der Waals surface area contributed by atoms with E-state index in [-0.39, 0.29) is 0 Å². The summed E-state index contributed by atoms with van der Waals surface area (Å²) in [5, 5.41) is 3.80. The molecule has 2 aromatic carbocycles. The molecule has 0 unspecified atom stereocenters. The molecule has 0 spiro atoms. The number of halogens is 4. The van der Waals surface area contributed by atoms with E-state index in [1.165, 1.54) is 0 Å². The Kier molecular flexibility index (Phi) is 6.76. The van der Waals surface area contributed by atoms with Crippen molar-refractivity contribution in [3.63, 3.8) is 0 Å². The molecule has 0 amide bonds. The first kappa shape index (κ1) is 18.6. The lowest BCUT2D eigenvalue weighted by Gasteiger charge is -2.19. The average molecular weight is 525 g/mol. The number of nitrogens with zero attached hydrogens (tertiary/aromatic N) is 2. The van der Waals surface area contributed by atoms with Crippen molar-refractivity contribution in [2.75, 3.05) is 23.9 Å². The summed E-state index contributed by atoms with van der Waals surface area (Å²) in [4.78, 5) is 6.14. The fourth-order valence-electron chi connectivity index (χ4n) is 1.75. The molecule has 0 atom stereocenters. The summed E-state index contributed by atoms with van der Waals surface area (Å²) in [5.74, 6) is 0.412. The molecule has 2 rings (SSSR count). The first-order valence-corrected chi connectivity index (χ1v) is 9.32. The summed E-state index contributed by atoms with van der Waals surface area (Å²) in [5.41, 5.74) is 7.85. The molecule has 122 valence electrons. The molecule has 0 saturated heterocycles. The predicted molar refractivity (Wildman–Crippen MR) is 110 cm³/mol. The van der Waals surface area contributed by atoms with Gasteiger partial charge in [0.2, 0.25) is 0 Å². The van der Waals surface area contributed by atoms with Crippen LogP contribution in [-0.2, 0) is 0 Å². The number of anilines is 2. The van der Waals surface area contributed by atoms with Gasteiger partial charge in [0.15, 0.2) is 5.96 Å². The molecule has 0 heterocycles. The Bertz CT molecular complexity index is 737. The van der Waals surface area contributed by atoms with Crippen LogP contribution in [0, 0.1) is 0 Å². The van der Waals surface area contributed by atoms with Gasteiger partial charge in [0.25, 0.3) is 0 Å². The predicted octanol–water partition coefficient (Wildman–Crippen LogP) is 5.45. The Morgan fingerprint density at radius 3 is 2.48 bits per heavy atom. The first-order valence-electron chi connectivity index (χ1n) is 6.56. The van der Waals surface area contributed by atoms with Crippen LogP contribution in [-0.4, -0.2) is 19.7 Å². The molecule has 0 bridgehead atoms. The Morgan fingerprint density at radius 1 is 1.13 bits per heavy atom. The van der Waals surface area contributed by atoms with Gasteiger partial charge in [-0.2, -0.15) is 0 Å². The second kappa shape index (κ2) is 8.37. The zero-order chi connectivity index (χ0) is 17.0. The molecule has 0 aromatic heterocycles. The van der Waals surface area contributed by atoms with E-state index in [0.717, 1.165) is 24.8 Å². The zero-order valence-corrected chi connectivity index (χ0v) is 17.7. The smallest absolute Gasteiger partial charge is 0.197 e. The van der Waals surface area contributed by atoms with E-state index in [4.69, 9.17) is 17.3 Å². The van der Waals surface area contributed by atoms with Crippen molar-refractivity contribution >= 4 is 76.7 Å². The summed E-state index contributed by atoms with van der Waals surface area (Å²) in [7, 11) is 1.87. The van der Waals surface area contributed by atoms with Crippen LogP contribution in [0.15, 0.2) is 54.8 Å². The maximum atomic E-state index is 6.05. The molecular weight excluding hydrogens is 511 g/mol. The Balaban J connectivity index is 2.01. The minimum absolute atomic E-state index is 0.353. The fraction of sp³-hybridized carbons (Fsp3) is 0.133. The molecule has 2 aromatic rings. The average Bonchev–Trinajstić information content (AvgIpc) is 2.52. The third-order valence-corrected chi connectivity index (χ3v) is 6.19. The summed E-state index contributed by atoms with van der Waals surface area (Å²) < 4.78 is 2.80. The summed E-state index contributed by atoms with van der Waals surface area (Å²) >= 11 is 16.3.